The highest BCUT2D eigenvalue weighted by Crippen LogP contribution is 2.22. The summed E-state index contributed by atoms with van der Waals surface area (Å²) >= 11 is 0. The van der Waals surface area contributed by atoms with Crippen molar-refractivity contribution < 1.29 is 4.79 Å². The molecule has 2 rings (SSSR count). The summed E-state index contributed by atoms with van der Waals surface area (Å²) in [5, 5.41) is 0. The van der Waals surface area contributed by atoms with Gasteiger partial charge in [-0.1, -0.05) is 13.0 Å². The van der Waals surface area contributed by atoms with E-state index in [1.54, 1.807) is 0 Å². The second-order valence-electron chi connectivity index (χ2n) is 6.01. The molecular formula is C17H30Cl2N4O. The van der Waals surface area contributed by atoms with Crippen molar-refractivity contribution in [2.24, 2.45) is 11.7 Å². The van der Waals surface area contributed by atoms with Crippen molar-refractivity contribution in [3.63, 3.8) is 0 Å². The van der Waals surface area contributed by atoms with Crippen LogP contribution >= 0.6 is 24.8 Å². The van der Waals surface area contributed by atoms with E-state index in [4.69, 9.17) is 5.73 Å². The van der Waals surface area contributed by atoms with Gasteiger partial charge in [0.05, 0.1) is 6.04 Å². The average Bonchev–Trinajstić information content (AvgIpc) is 2.59. The molecule has 2 heterocycles. The van der Waals surface area contributed by atoms with E-state index in [1.807, 2.05) is 37.1 Å². The number of amides is 1. The predicted octanol–water partition coefficient (Wildman–Crippen LogP) is 2.73. The van der Waals surface area contributed by atoms with Crippen molar-refractivity contribution in [2.75, 3.05) is 31.1 Å². The number of halogens is 2. The van der Waals surface area contributed by atoms with E-state index in [1.165, 1.54) is 0 Å². The SMILES string of the molecule is CC[C@H](N)C(=O)N(CC)CC1CCN(c2ccccn2)CC1.Cl.Cl. The maximum absolute atomic E-state index is 12.2. The molecule has 1 aliphatic heterocycles. The molecule has 1 fully saturated rings. The number of carbonyl (C=O) groups excluding carboxylic acids is 1. The second-order valence-corrected chi connectivity index (χ2v) is 6.01. The van der Waals surface area contributed by atoms with Crippen molar-refractivity contribution in [3.8, 4) is 0 Å². The molecule has 0 aliphatic carbocycles. The Balaban J connectivity index is 0.00000264. The third kappa shape index (κ3) is 6.11. The second kappa shape index (κ2) is 11.5. The fourth-order valence-corrected chi connectivity index (χ4v) is 2.98. The Hall–Kier alpha value is -1.04. The first-order chi connectivity index (χ1) is 10.7. The van der Waals surface area contributed by atoms with E-state index in [-0.39, 0.29) is 36.8 Å². The standard InChI is InChI=1S/C17H28N4O.2ClH/c1-3-15(18)17(22)20(4-2)13-14-8-11-21(12-9-14)16-7-5-6-10-19-16;;/h5-7,10,14-15H,3-4,8-9,11-13,18H2,1-2H3;2*1H/t15-;;/m0../s1. The minimum absolute atomic E-state index is 0. The van der Waals surface area contributed by atoms with Crippen LogP contribution in [0.1, 0.15) is 33.1 Å². The quantitative estimate of drug-likeness (QED) is 0.828. The van der Waals surface area contributed by atoms with Crippen LogP contribution in [0.4, 0.5) is 5.82 Å². The monoisotopic (exact) mass is 376 g/mol. The number of carbonyl (C=O) groups is 1. The smallest absolute Gasteiger partial charge is 0.239 e. The molecule has 0 radical (unpaired) electrons. The van der Waals surface area contributed by atoms with Crippen LogP contribution in [0.3, 0.4) is 0 Å². The van der Waals surface area contributed by atoms with E-state index >= 15 is 0 Å². The number of hydrogen-bond donors (Lipinski definition) is 1. The first kappa shape index (κ1) is 23.0. The predicted molar refractivity (Wildman–Crippen MR) is 104 cm³/mol. The molecule has 24 heavy (non-hydrogen) atoms. The average molecular weight is 377 g/mol. The summed E-state index contributed by atoms with van der Waals surface area (Å²) in [6, 6.07) is 5.67. The van der Waals surface area contributed by atoms with Gasteiger partial charge in [-0.05, 0) is 44.2 Å². The van der Waals surface area contributed by atoms with Gasteiger partial charge in [-0.25, -0.2) is 4.98 Å². The van der Waals surface area contributed by atoms with Gasteiger partial charge in [0.1, 0.15) is 5.82 Å². The summed E-state index contributed by atoms with van der Waals surface area (Å²) < 4.78 is 0. The highest BCUT2D eigenvalue weighted by atomic mass is 35.5. The zero-order valence-electron chi connectivity index (χ0n) is 14.6. The molecular weight excluding hydrogens is 347 g/mol. The topological polar surface area (TPSA) is 62.5 Å². The molecule has 1 amide bonds. The van der Waals surface area contributed by atoms with Crippen LogP contribution in [-0.4, -0.2) is 48.0 Å². The summed E-state index contributed by atoms with van der Waals surface area (Å²) in [5.74, 6) is 1.71. The van der Waals surface area contributed by atoms with E-state index < -0.39 is 0 Å². The summed E-state index contributed by atoms with van der Waals surface area (Å²) in [4.78, 5) is 20.9. The van der Waals surface area contributed by atoms with Crippen molar-refractivity contribution in [1.82, 2.24) is 9.88 Å². The molecule has 7 heteroatoms. The number of rotatable bonds is 6. The maximum atomic E-state index is 12.2. The van der Waals surface area contributed by atoms with Crippen molar-refractivity contribution >= 4 is 36.5 Å². The number of nitrogens with zero attached hydrogens (tertiary/aromatic N) is 3. The molecule has 0 spiro atoms. The lowest BCUT2D eigenvalue weighted by molar-refractivity contribution is -0.133. The fraction of sp³-hybridized carbons (Fsp3) is 0.647. The van der Waals surface area contributed by atoms with Gasteiger partial charge in [-0.15, -0.1) is 24.8 Å². The largest absolute Gasteiger partial charge is 0.357 e. The first-order valence-electron chi connectivity index (χ1n) is 8.36. The molecule has 0 saturated carbocycles. The van der Waals surface area contributed by atoms with Crippen LogP contribution in [0.2, 0.25) is 0 Å². The van der Waals surface area contributed by atoms with Crippen LogP contribution < -0.4 is 10.6 Å². The van der Waals surface area contributed by atoms with E-state index in [0.29, 0.717) is 12.3 Å². The van der Waals surface area contributed by atoms with Gasteiger partial charge in [0.15, 0.2) is 0 Å². The molecule has 1 saturated heterocycles. The molecule has 138 valence electrons. The summed E-state index contributed by atoms with van der Waals surface area (Å²) in [6.07, 6.45) is 4.74. The van der Waals surface area contributed by atoms with Gasteiger partial charge in [0, 0.05) is 32.4 Å². The van der Waals surface area contributed by atoms with Crippen LogP contribution in [0.15, 0.2) is 24.4 Å². The minimum atomic E-state index is -0.353. The third-order valence-corrected chi connectivity index (χ3v) is 4.52. The van der Waals surface area contributed by atoms with Crippen molar-refractivity contribution in [1.29, 1.82) is 0 Å². The lowest BCUT2D eigenvalue weighted by Crippen LogP contribution is -2.47. The Kier molecular flexibility index (Phi) is 11.0. The lowest BCUT2D eigenvalue weighted by Gasteiger charge is -2.35. The zero-order valence-corrected chi connectivity index (χ0v) is 16.2. The van der Waals surface area contributed by atoms with Crippen LogP contribution in [0.25, 0.3) is 0 Å². The Bertz CT molecular complexity index is 467. The van der Waals surface area contributed by atoms with Crippen LogP contribution in [0, 0.1) is 5.92 Å². The number of hydrogen-bond acceptors (Lipinski definition) is 4. The van der Waals surface area contributed by atoms with Crippen molar-refractivity contribution in [3.05, 3.63) is 24.4 Å². The molecule has 0 aromatic carbocycles. The molecule has 1 aliphatic rings. The van der Waals surface area contributed by atoms with E-state index in [2.05, 4.69) is 16.0 Å². The van der Waals surface area contributed by atoms with Gasteiger partial charge < -0.3 is 15.5 Å². The number of piperidine rings is 1. The molecule has 1 atom stereocenters. The van der Waals surface area contributed by atoms with E-state index in [9.17, 15) is 4.79 Å². The summed E-state index contributed by atoms with van der Waals surface area (Å²) in [7, 11) is 0. The van der Waals surface area contributed by atoms with Gasteiger partial charge in [0.2, 0.25) is 5.91 Å². The van der Waals surface area contributed by atoms with Crippen LogP contribution in [-0.2, 0) is 4.79 Å². The molecule has 0 unspecified atom stereocenters. The Morgan fingerprint density at radius 2 is 2.00 bits per heavy atom. The van der Waals surface area contributed by atoms with Crippen molar-refractivity contribution in [2.45, 2.75) is 39.2 Å². The number of aromatic nitrogens is 1. The Morgan fingerprint density at radius 1 is 1.33 bits per heavy atom. The summed E-state index contributed by atoms with van der Waals surface area (Å²) in [5.41, 5.74) is 5.89. The zero-order chi connectivity index (χ0) is 15.9. The van der Waals surface area contributed by atoms with E-state index in [0.717, 1.165) is 44.8 Å². The van der Waals surface area contributed by atoms with Gasteiger partial charge in [0.25, 0.3) is 0 Å². The van der Waals surface area contributed by atoms with Gasteiger partial charge in [-0.3, -0.25) is 4.79 Å². The normalized spacial score (nSPS) is 15.9. The number of likely N-dealkylation sites (N-methyl/N-ethyl adjacent to an activating group) is 1. The number of anilines is 1. The molecule has 0 bridgehead atoms. The maximum Gasteiger partial charge on any atom is 0.239 e. The molecule has 2 N–H and O–H groups in total. The molecule has 1 aromatic heterocycles. The van der Waals surface area contributed by atoms with Gasteiger partial charge >= 0.3 is 0 Å². The first-order valence-corrected chi connectivity index (χ1v) is 8.36. The fourth-order valence-electron chi connectivity index (χ4n) is 2.98. The highest BCUT2D eigenvalue weighted by Gasteiger charge is 2.25. The lowest BCUT2D eigenvalue weighted by atomic mass is 9.95. The Labute approximate surface area is 157 Å². The number of pyridine rings is 1. The summed E-state index contributed by atoms with van der Waals surface area (Å²) in [6.45, 7) is 7.58. The highest BCUT2D eigenvalue weighted by molar-refractivity contribution is 5.85. The molecule has 1 aromatic rings. The van der Waals surface area contributed by atoms with Crippen LogP contribution in [0.5, 0.6) is 0 Å². The van der Waals surface area contributed by atoms with Gasteiger partial charge in [-0.2, -0.15) is 0 Å². The molecule has 5 nitrogen and oxygen atoms in total. The Morgan fingerprint density at radius 3 is 2.50 bits per heavy atom. The minimum Gasteiger partial charge on any atom is -0.357 e. The number of nitrogens with two attached hydrogens (primary N) is 1. The third-order valence-electron chi connectivity index (χ3n) is 4.52.